The number of hydrogen-bond acceptors (Lipinski definition) is 1. The highest BCUT2D eigenvalue weighted by atomic mass is 16.1. The Balaban J connectivity index is 2.79. The van der Waals surface area contributed by atoms with Crippen LogP contribution in [0.4, 0.5) is 0 Å². The van der Waals surface area contributed by atoms with Gasteiger partial charge in [-0.25, -0.2) is 0 Å². The van der Waals surface area contributed by atoms with E-state index in [4.69, 9.17) is 6.42 Å². The zero-order valence-electron chi connectivity index (χ0n) is 11.3. The van der Waals surface area contributed by atoms with Crippen LogP contribution in [0.2, 0.25) is 0 Å². The first-order valence-corrected chi connectivity index (χ1v) is 6.41. The molecule has 0 aromatic heterocycles. The quantitative estimate of drug-likeness (QED) is 0.791. The number of terminal acetylenes is 1. The lowest BCUT2D eigenvalue weighted by molar-refractivity contribution is -0.123. The second-order valence-corrected chi connectivity index (χ2v) is 4.77. The van der Waals surface area contributed by atoms with Gasteiger partial charge in [0.05, 0.1) is 12.0 Å². The summed E-state index contributed by atoms with van der Waals surface area (Å²) in [6.07, 6.45) is 6.21. The van der Waals surface area contributed by atoms with Crippen LogP contribution in [0.5, 0.6) is 0 Å². The van der Waals surface area contributed by atoms with E-state index in [1.807, 2.05) is 51.1 Å². The molecule has 2 heteroatoms. The fourth-order valence-electron chi connectivity index (χ4n) is 1.91. The summed E-state index contributed by atoms with van der Waals surface area (Å²) in [6.45, 7) is 6.03. The van der Waals surface area contributed by atoms with Gasteiger partial charge < -0.3 is 5.32 Å². The minimum atomic E-state index is -0.199. The Labute approximate surface area is 110 Å². The van der Waals surface area contributed by atoms with E-state index < -0.39 is 0 Å². The molecule has 0 radical (unpaired) electrons. The minimum absolute atomic E-state index is 0.0142. The van der Waals surface area contributed by atoms with Gasteiger partial charge in [0, 0.05) is 0 Å². The van der Waals surface area contributed by atoms with Crippen LogP contribution in [0.1, 0.15) is 38.7 Å². The number of amides is 1. The van der Waals surface area contributed by atoms with Crippen molar-refractivity contribution in [2.24, 2.45) is 5.92 Å². The molecule has 1 aromatic rings. The van der Waals surface area contributed by atoms with Crippen molar-refractivity contribution in [1.82, 2.24) is 5.32 Å². The van der Waals surface area contributed by atoms with Crippen molar-refractivity contribution in [2.45, 2.75) is 39.2 Å². The second-order valence-electron chi connectivity index (χ2n) is 4.77. The predicted octanol–water partition coefficient (Wildman–Crippen LogP) is 2.95. The molecular weight excluding hydrogens is 222 g/mol. The third-order valence-electron chi connectivity index (χ3n) is 3.07. The van der Waals surface area contributed by atoms with E-state index in [2.05, 4.69) is 11.2 Å². The summed E-state index contributed by atoms with van der Waals surface area (Å²) < 4.78 is 0. The Hall–Kier alpha value is -1.75. The van der Waals surface area contributed by atoms with Gasteiger partial charge >= 0.3 is 0 Å². The Bertz CT molecular complexity index is 416. The van der Waals surface area contributed by atoms with Crippen LogP contribution in [0.25, 0.3) is 0 Å². The first-order chi connectivity index (χ1) is 8.60. The Morgan fingerprint density at radius 2 is 1.94 bits per heavy atom. The van der Waals surface area contributed by atoms with Crippen molar-refractivity contribution in [2.75, 3.05) is 0 Å². The number of carbonyl (C=O) groups is 1. The van der Waals surface area contributed by atoms with Gasteiger partial charge in [-0.2, -0.15) is 0 Å². The molecule has 1 aromatic carbocycles. The maximum Gasteiger partial charge on any atom is 0.228 e. The Kier molecular flexibility index (Phi) is 5.45. The summed E-state index contributed by atoms with van der Waals surface area (Å²) in [6, 6.07) is 9.61. The van der Waals surface area contributed by atoms with E-state index >= 15 is 0 Å². The van der Waals surface area contributed by atoms with Crippen LogP contribution in [-0.4, -0.2) is 11.9 Å². The van der Waals surface area contributed by atoms with E-state index in [0.29, 0.717) is 0 Å². The summed E-state index contributed by atoms with van der Waals surface area (Å²) in [7, 11) is 0. The molecule has 0 saturated carbocycles. The highest BCUT2D eigenvalue weighted by Crippen LogP contribution is 2.19. The molecular formula is C16H21NO. The van der Waals surface area contributed by atoms with Crippen LogP contribution in [0, 0.1) is 18.3 Å². The van der Waals surface area contributed by atoms with Crippen LogP contribution >= 0.6 is 0 Å². The van der Waals surface area contributed by atoms with Crippen molar-refractivity contribution in [3.8, 4) is 12.3 Å². The zero-order chi connectivity index (χ0) is 13.5. The van der Waals surface area contributed by atoms with E-state index in [0.717, 1.165) is 12.0 Å². The summed E-state index contributed by atoms with van der Waals surface area (Å²) in [5, 5.41) is 2.94. The van der Waals surface area contributed by atoms with Gasteiger partial charge in [0.25, 0.3) is 0 Å². The van der Waals surface area contributed by atoms with Gasteiger partial charge in [0.1, 0.15) is 0 Å². The number of hydrogen-bond donors (Lipinski definition) is 1. The van der Waals surface area contributed by atoms with Gasteiger partial charge in [0.15, 0.2) is 0 Å². The minimum Gasteiger partial charge on any atom is -0.342 e. The van der Waals surface area contributed by atoms with Gasteiger partial charge in [-0.3, -0.25) is 4.79 Å². The third kappa shape index (κ3) is 3.63. The van der Waals surface area contributed by atoms with Gasteiger partial charge in [-0.15, -0.1) is 6.42 Å². The first kappa shape index (κ1) is 14.3. The molecule has 96 valence electrons. The molecule has 2 nitrogen and oxygen atoms in total. The van der Waals surface area contributed by atoms with Crippen molar-refractivity contribution < 1.29 is 4.79 Å². The molecule has 0 heterocycles. The van der Waals surface area contributed by atoms with E-state index in [1.165, 1.54) is 0 Å². The van der Waals surface area contributed by atoms with Crippen LogP contribution in [-0.2, 0) is 4.79 Å². The lowest BCUT2D eigenvalue weighted by Crippen LogP contribution is -2.40. The predicted molar refractivity (Wildman–Crippen MR) is 75.1 cm³/mol. The van der Waals surface area contributed by atoms with E-state index in [9.17, 15) is 4.79 Å². The SMILES string of the molecule is C#CC(NC(=O)C(CC)c1ccccc1)C(C)C. The average molecular weight is 243 g/mol. The Morgan fingerprint density at radius 3 is 2.39 bits per heavy atom. The van der Waals surface area contributed by atoms with Crippen LogP contribution in [0.3, 0.4) is 0 Å². The standard InChI is InChI=1S/C16H21NO/c1-5-14(13-10-8-7-9-11-13)16(18)17-15(6-2)12(3)4/h2,7-12,14-15H,5H2,1,3-4H3,(H,17,18). The van der Waals surface area contributed by atoms with Crippen molar-refractivity contribution in [1.29, 1.82) is 0 Å². The van der Waals surface area contributed by atoms with Crippen molar-refractivity contribution in [3.63, 3.8) is 0 Å². The number of nitrogens with one attached hydrogen (secondary N) is 1. The molecule has 0 saturated heterocycles. The molecule has 0 aliphatic rings. The van der Waals surface area contributed by atoms with Crippen LogP contribution < -0.4 is 5.32 Å². The largest absolute Gasteiger partial charge is 0.342 e. The summed E-state index contributed by atoms with van der Waals surface area (Å²) in [4.78, 5) is 12.2. The van der Waals surface area contributed by atoms with Crippen molar-refractivity contribution in [3.05, 3.63) is 35.9 Å². The van der Waals surface area contributed by atoms with Gasteiger partial charge in [0.2, 0.25) is 5.91 Å². The molecule has 0 spiro atoms. The summed E-state index contributed by atoms with van der Waals surface area (Å²) >= 11 is 0. The fraction of sp³-hybridized carbons (Fsp3) is 0.438. The summed E-state index contributed by atoms with van der Waals surface area (Å²) in [5.74, 6) is 2.76. The van der Waals surface area contributed by atoms with Gasteiger partial charge in [-0.1, -0.05) is 57.0 Å². The van der Waals surface area contributed by atoms with Gasteiger partial charge in [-0.05, 0) is 17.9 Å². The highest BCUT2D eigenvalue weighted by molar-refractivity contribution is 5.84. The Morgan fingerprint density at radius 1 is 1.33 bits per heavy atom. The topological polar surface area (TPSA) is 29.1 Å². The molecule has 2 atom stereocenters. The molecule has 18 heavy (non-hydrogen) atoms. The monoisotopic (exact) mass is 243 g/mol. The normalized spacial score (nSPS) is 13.7. The molecule has 0 bridgehead atoms. The molecule has 1 N–H and O–H groups in total. The smallest absolute Gasteiger partial charge is 0.228 e. The molecule has 0 fully saturated rings. The maximum atomic E-state index is 12.2. The molecule has 2 unspecified atom stereocenters. The van der Waals surface area contributed by atoms with Crippen LogP contribution in [0.15, 0.2) is 30.3 Å². The molecule has 1 rings (SSSR count). The van der Waals surface area contributed by atoms with E-state index in [1.54, 1.807) is 0 Å². The lowest BCUT2D eigenvalue weighted by Gasteiger charge is -2.21. The first-order valence-electron chi connectivity index (χ1n) is 6.41. The van der Waals surface area contributed by atoms with Crippen molar-refractivity contribution >= 4 is 5.91 Å². The highest BCUT2D eigenvalue weighted by Gasteiger charge is 2.21. The fourth-order valence-corrected chi connectivity index (χ4v) is 1.91. The third-order valence-corrected chi connectivity index (χ3v) is 3.07. The summed E-state index contributed by atoms with van der Waals surface area (Å²) in [5.41, 5.74) is 1.04. The molecule has 0 aliphatic heterocycles. The zero-order valence-corrected chi connectivity index (χ0v) is 11.3. The number of rotatable bonds is 5. The molecule has 1 amide bonds. The number of benzene rings is 1. The average Bonchev–Trinajstić information content (AvgIpc) is 2.37. The number of carbonyl (C=O) groups excluding carboxylic acids is 1. The lowest BCUT2D eigenvalue weighted by atomic mass is 9.94. The van der Waals surface area contributed by atoms with E-state index in [-0.39, 0.29) is 23.8 Å². The molecule has 0 aliphatic carbocycles. The maximum absolute atomic E-state index is 12.2. The second kappa shape index (κ2) is 6.86.